The minimum absolute atomic E-state index is 0. The largest absolute Gasteiger partial charge is 0.378 e. The second-order valence-corrected chi connectivity index (χ2v) is 6.49. The third kappa shape index (κ3) is 3.91. The van der Waals surface area contributed by atoms with Crippen molar-refractivity contribution in [2.24, 2.45) is 11.3 Å². The van der Waals surface area contributed by atoms with Crippen molar-refractivity contribution in [3.05, 3.63) is 0 Å². The van der Waals surface area contributed by atoms with Gasteiger partial charge in [-0.1, -0.05) is 26.2 Å². The third-order valence-electron chi connectivity index (χ3n) is 5.21. The summed E-state index contributed by atoms with van der Waals surface area (Å²) in [4.78, 5) is 12.2. The van der Waals surface area contributed by atoms with E-state index in [2.05, 4.69) is 17.6 Å². The number of carbonyl (C=O) groups is 1. The van der Waals surface area contributed by atoms with E-state index in [4.69, 9.17) is 4.74 Å². The Morgan fingerprint density at radius 1 is 1.33 bits per heavy atom. The molecule has 0 aromatic heterocycles. The zero-order valence-electron chi connectivity index (χ0n) is 13.6. The van der Waals surface area contributed by atoms with Crippen molar-refractivity contribution in [2.45, 2.75) is 64.5 Å². The number of ether oxygens (including phenoxy) is 1. The highest BCUT2D eigenvalue weighted by atomic mass is 35.5. The van der Waals surface area contributed by atoms with Crippen LogP contribution in [0.15, 0.2) is 0 Å². The van der Waals surface area contributed by atoms with Gasteiger partial charge in [-0.25, -0.2) is 0 Å². The van der Waals surface area contributed by atoms with Crippen molar-refractivity contribution in [1.82, 2.24) is 10.6 Å². The summed E-state index contributed by atoms with van der Waals surface area (Å²) in [5, 5.41) is 6.36. The lowest BCUT2D eigenvalue weighted by molar-refractivity contribution is -0.158. The number of hydrogen-bond donors (Lipinski definition) is 2. The second kappa shape index (κ2) is 8.35. The van der Waals surface area contributed by atoms with Gasteiger partial charge < -0.3 is 15.4 Å². The van der Waals surface area contributed by atoms with Gasteiger partial charge >= 0.3 is 0 Å². The molecule has 2 saturated carbocycles. The highest BCUT2D eigenvalue weighted by Gasteiger charge is 2.56. The van der Waals surface area contributed by atoms with Crippen molar-refractivity contribution < 1.29 is 9.53 Å². The van der Waals surface area contributed by atoms with E-state index in [1.807, 2.05) is 14.0 Å². The molecule has 3 unspecified atom stereocenters. The molecular weight excluding hydrogens is 288 g/mol. The highest BCUT2D eigenvalue weighted by Crippen LogP contribution is 2.53. The van der Waals surface area contributed by atoms with Gasteiger partial charge in [0.15, 0.2) is 0 Å². The first-order chi connectivity index (χ1) is 9.64. The first-order valence-corrected chi connectivity index (χ1v) is 8.20. The van der Waals surface area contributed by atoms with Crippen LogP contribution in [0.2, 0.25) is 0 Å². The molecule has 2 aliphatic rings. The lowest BCUT2D eigenvalue weighted by Gasteiger charge is -2.57. The van der Waals surface area contributed by atoms with Crippen LogP contribution in [0.25, 0.3) is 0 Å². The van der Waals surface area contributed by atoms with Crippen LogP contribution >= 0.6 is 12.4 Å². The quantitative estimate of drug-likeness (QED) is 0.791. The van der Waals surface area contributed by atoms with E-state index in [1.165, 1.54) is 32.1 Å². The van der Waals surface area contributed by atoms with Crippen LogP contribution in [-0.4, -0.2) is 38.3 Å². The van der Waals surface area contributed by atoms with E-state index in [9.17, 15) is 4.79 Å². The van der Waals surface area contributed by atoms with E-state index in [0.29, 0.717) is 12.1 Å². The van der Waals surface area contributed by atoms with Gasteiger partial charge in [0.05, 0.1) is 6.10 Å². The number of hydrogen-bond acceptors (Lipinski definition) is 3. The number of carbonyl (C=O) groups excluding carboxylic acids is 1. The summed E-state index contributed by atoms with van der Waals surface area (Å²) in [5.41, 5.74) is 0.225. The summed E-state index contributed by atoms with van der Waals surface area (Å²) >= 11 is 0. The van der Waals surface area contributed by atoms with Gasteiger partial charge in [0.1, 0.15) is 0 Å². The summed E-state index contributed by atoms with van der Waals surface area (Å²) in [6.07, 6.45) is 7.66. The Hall–Kier alpha value is -0.320. The smallest absolute Gasteiger partial charge is 0.224 e. The molecule has 21 heavy (non-hydrogen) atoms. The fourth-order valence-corrected chi connectivity index (χ4v) is 3.98. The molecule has 2 fully saturated rings. The Kier molecular flexibility index (Phi) is 7.45. The molecule has 4 nitrogen and oxygen atoms in total. The molecule has 2 rings (SSSR count). The molecule has 2 N–H and O–H groups in total. The fourth-order valence-electron chi connectivity index (χ4n) is 3.98. The zero-order chi connectivity index (χ0) is 14.6. The fraction of sp³-hybridized carbons (Fsp3) is 0.938. The summed E-state index contributed by atoms with van der Waals surface area (Å²) in [6, 6.07) is 0.325. The van der Waals surface area contributed by atoms with Crippen LogP contribution in [0, 0.1) is 11.3 Å². The monoisotopic (exact) mass is 318 g/mol. The molecule has 0 aromatic rings. The Morgan fingerprint density at radius 2 is 2.00 bits per heavy atom. The topological polar surface area (TPSA) is 50.4 Å². The molecule has 3 atom stereocenters. The molecule has 1 amide bonds. The standard InChI is InChI=1S/C16H30N2O2.ClH/c1-4-20-14-10-13(16(14)8-6-5-7-9-16)18-15(19)12(2)11-17-3;/h12-14,17H,4-11H2,1-3H3,(H,18,19);1H. The van der Waals surface area contributed by atoms with E-state index < -0.39 is 0 Å². The Balaban J connectivity index is 0.00000220. The van der Waals surface area contributed by atoms with Crippen LogP contribution in [-0.2, 0) is 9.53 Å². The molecule has 1 spiro atoms. The minimum Gasteiger partial charge on any atom is -0.378 e. The maximum atomic E-state index is 12.2. The molecule has 0 aliphatic heterocycles. The van der Waals surface area contributed by atoms with Crippen molar-refractivity contribution >= 4 is 18.3 Å². The first-order valence-electron chi connectivity index (χ1n) is 8.20. The Morgan fingerprint density at radius 3 is 2.57 bits per heavy atom. The van der Waals surface area contributed by atoms with E-state index in [0.717, 1.165) is 19.6 Å². The third-order valence-corrected chi connectivity index (χ3v) is 5.21. The highest BCUT2D eigenvalue weighted by molar-refractivity contribution is 5.85. The van der Waals surface area contributed by atoms with E-state index in [1.54, 1.807) is 0 Å². The number of amides is 1. The summed E-state index contributed by atoms with van der Waals surface area (Å²) in [5.74, 6) is 0.219. The van der Waals surface area contributed by atoms with Gasteiger partial charge in [0.25, 0.3) is 0 Å². The Labute approximate surface area is 135 Å². The lowest BCUT2D eigenvalue weighted by atomic mass is 9.55. The van der Waals surface area contributed by atoms with Crippen LogP contribution in [0.5, 0.6) is 0 Å². The van der Waals surface area contributed by atoms with Crippen LogP contribution in [0.1, 0.15) is 52.4 Å². The predicted molar refractivity (Wildman–Crippen MR) is 87.8 cm³/mol. The summed E-state index contributed by atoms with van der Waals surface area (Å²) in [6.45, 7) is 5.57. The molecule has 0 aromatic carbocycles. The molecule has 5 heteroatoms. The van der Waals surface area contributed by atoms with Gasteiger partial charge in [-0.3, -0.25) is 4.79 Å². The molecular formula is C16H31ClN2O2. The summed E-state index contributed by atoms with van der Waals surface area (Å²) < 4.78 is 5.93. The van der Waals surface area contributed by atoms with Gasteiger partial charge in [-0.15, -0.1) is 12.4 Å². The van der Waals surface area contributed by atoms with Crippen LogP contribution in [0.3, 0.4) is 0 Å². The van der Waals surface area contributed by atoms with Gasteiger partial charge in [0, 0.05) is 30.5 Å². The van der Waals surface area contributed by atoms with Gasteiger partial charge in [0.2, 0.25) is 5.91 Å². The molecule has 0 bridgehead atoms. The lowest BCUT2D eigenvalue weighted by Crippen LogP contribution is -2.66. The number of nitrogens with one attached hydrogen (secondary N) is 2. The molecule has 124 valence electrons. The Bertz CT molecular complexity index is 332. The molecule has 0 radical (unpaired) electrons. The first kappa shape index (κ1) is 18.7. The van der Waals surface area contributed by atoms with Crippen molar-refractivity contribution in [3.63, 3.8) is 0 Å². The van der Waals surface area contributed by atoms with Crippen LogP contribution in [0.4, 0.5) is 0 Å². The van der Waals surface area contributed by atoms with Crippen molar-refractivity contribution in [1.29, 1.82) is 0 Å². The van der Waals surface area contributed by atoms with E-state index in [-0.39, 0.29) is 29.6 Å². The van der Waals surface area contributed by atoms with Crippen molar-refractivity contribution in [3.8, 4) is 0 Å². The van der Waals surface area contributed by atoms with Crippen LogP contribution < -0.4 is 10.6 Å². The molecule has 0 saturated heterocycles. The van der Waals surface area contributed by atoms with Gasteiger partial charge in [-0.2, -0.15) is 0 Å². The molecule has 0 heterocycles. The normalized spacial score (nSPS) is 28.3. The minimum atomic E-state index is 0. The molecule has 2 aliphatic carbocycles. The van der Waals surface area contributed by atoms with Crippen molar-refractivity contribution in [2.75, 3.05) is 20.2 Å². The maximum Gasteiger partial charge on any atom is 0.224 e. The van der Waals surface area contributed by atoms with E-state index >= 15 is 0 Å². The number of rotatable bonds is 6. The number of halogens is 1. The summed E-state index contributed by atoms with van der Waals surface area (Å²) in [7, 11) is 1.89. The second-order valence-electron chi connectivity index (χ2n) is 6.49. The van der Waals surface area contributed by atoms with Gasteiger partial charge in [-0.05, 0) is 33.2 Å². The average molecular weight is 319 g/mol. The predicted octanol–water partition coefficient (Wildman–Crippen LogP) is 2.51. The maximum absolute atomic E-state index is 12.2. The zero-order valence-corrected chi connectivity index (χ0v) is 14.4. The SMILES string of the molecule is CCOC1CC(NC(=O)C(C)CNC)C12CCCCC2.Cl. The average Bonchev–Trinajstić information content (AvgIpc) is 2.47.